The van der Waals surface area contributed by atoms with E-state index < -0.39 is 0 Å². The van der Waals surface area contributed by atoms with Crippen LogP contribution in [-0.2, 0) is 16.0 Å². The molecule has 0 aliphatic carbocycles. The van der Waals surface area contributed by atoms with Crippen molar-refractivity contribution in [1.82, 2.24) is 29.7 Å². The summed E-state index contributed by atoms with van der Waals surface area (Å²) in [5.41, 5.74) is 4.57. The first-order chi connectivity index (χ1) is 17.1. The largest absolute Gasteiger partial charge is 0.340 e. The lowest BCUT2D eigenvalue weighted by atomic mass is 9.86. The summed E-state index contributed by atoms with van der Waals surface area (Å²) < 4.78 is 1.64. The number of thiophene rings is 1. The molecule has 0 spiro atoms. The molecule has 0 saturated carbocycles. The van der Waals surface area contributed by atoms with Gasteiger partial charge in [0, 0.05) is 28.5 Å². The van der Waals surface area contributed by atoms with Crippen LogP contribution in [-0.4, -0.2) is 41.5 Å². The molecule has 1 atom stereocenters. The maximum absolute atomic E-state index is 12.7. The molecule has 6 rings (SSSR count). The average molecular weight is 485 g/mol. The van der Waals surface area contributed by atoms with Gasteiger partial charge in [0.15, 0.2) is 11.5 Å². The zero-order valence-electron chi connectivity index (χ0n) is 18.6. The van der Waals surface area contributed by atoms with Gasteiger partial charge in [-0.3, -0.25) is 9.59 Å². The molecule has 0 saturated heterocycles. The van der Waals surface area contributed by atoms with Gasteiger partial charge in [-0.25, -0.2) is 15.0 Å². The zero-order chi connectivity index (χ0) is 23.9. The van der Waals surface area contributed by atoms with E-state index in [1.165, 1.54) is 6.33 Å². The summed E-state index contributed by atoms with van der Waals surface area (Å²) in [7, 11) is 0. The normalized spacial score (nSPS) is 15.1. The molecular formula is C24H20N8O2S. The number of nitrogens with one attached hydrogen (secondary N) is 3. The van der Waals surface area contributed by atoms with Crippen LogP contribution in [0.3, 0.4) is 0 Å². The molecule has 1 aliphatic heterocycles. The number of carbonyl (C=O) groups is 2. The summed E-state index contributed by atoms with van der Waals surface area (Å²) in [5.74, 6) is 0.759. The lowest BCUT2D eigenvalue weighted by Crippen LogP contribution is -2.25. The average Bonchev–Trinajstić information content (AvgIpc) is 3.60. The number of amides is 2. The van der Waals surface area contributed by atoms with Gasteiger partial charge in [-0.15, -0.1) is 11.3 Å². The Balaban J connectivity index is 1.31. The highest BCUT2D eigenvalue weighted by molar-refractivity contribution is 7.10. The zero-order valence-corrected chi connectivity index (χ0v) is 19.5. The third-order valence-electron chi connectivity index (χ3n) is 6.02. The van der Waals surface area contributed by atoms with Crippen LogP contribution >= 0.6 is 11.3 Å². The fraction of sp³-hybridized carbons (Fsp3) is 0.167. The Morgan fingerprint density at radius 3 is 2.86 bits per heavy atom. The Hall–Kier alpha value is -4.38. The van der Waals surface area contributed by atoms with Crippen LogP contribution < -0.4 is 10.6 Å². The number of carbonyl (C=O) groups excluding carboxylic acids is 2. The third-order valence-corrected chi connectivity index (χ3v) is 6.89. The second-order valence-corrected chi connectivity index (χ2v) is 9.32. The molecule has 11 heteroatoms. The van der Waals surface area contributed by atoms with E-state index in [9.17, 15) is 9.59 Å². The molecule has 0 bridgehead atoms. The minimum Gasteiger partial charge on any atom is -0.340 e. The molecule has 1 aromatic carbocycles. The number of hydrogen-bond donors (Lipinski definition) is 3. The molecule has 0 fully saturated rings. The molecule has 35 heavy (non-hydrogen) atoms. The SMILES string of the molecule is Cc1nn(-c2ncnc3nc[nH]c23)c2c1C(c1ccc(NC(=O)Cc3cccs3)cc1)CC(=O)N2. The summed E-state index contributed by atoms with van der Waals surface area (Å²) in [5, 5.41) is 12.6. The molecular weight excluding hydrogens is 464 g/mol. The van der Waals surface area contributed by atoms with Crippen molar-refractivity contribution in [2.24, 2.45) is 0 Å². The van der Waals surface area contributed by atoms with Crippen molar-refractivity contribution in [3.63, 3.8) is 0 Å². The van der Waals surface area contributed by atoms with Crippen molar-refractivity contribution >= 4 is 45.8 Å². The second kappa shape index (κ2) is 8.44. The van der Waals surface area contributed by atoms with E-state index in [1.807, 2.05) is 48.7 Å². The summed E-state index contributed by atoms with van der Waals surface area (Å²) >= 11 is 1.56. The topological polar surface area (TPSA) is 130 Å². The molecule has 5 aromatic rings. The number of fused-ring (bicyclic) bond motifs is 2. The van der Waals surface area contributed by atoms with Gasteiger partial charge < -0.3 is 15.6 Å². The number of anilines is 2. The molecule has 1 unspecified atom stereocenters. The number of benzene rings is 1. The van der Waals surface area contributed by atoms with E-state index in [0.29, 0.717) is 41.3 Å². The number of aryl methyl sites for hydroxylation is 1. The van der Waals surface area contributed by atoms with Gasteiger partial charge in [0.05, 0.1) is 18.4 Å². The number of imidazole rings is 1. The van der Waals surface area contributed by atoms with E-state index in [2.05, 4.69) is 30.6 Å². The van der Waals surface area contributed by atoms with Crippen LogP contribution in [0.15, 0.2) is 54.4 Å². The summed E-state index contributed by atoms with van der Waals surface area (Å²) in [4.78, 5) is 41.9. The smallest absolute Gasteiger partial charge is 0.229 e. The van der Waals surface area contributed by atoms with Crippen LogP contribution in [0.25, 0.3) is 17.0 Å². The predicted molar refractivity (Wildman–Crippen MR) is 132 cm³/mol. The van der Waals surface area contributed by atoms with Gasteiger partial charge in [0.25, 0.3) is 0 Å². The van der Waals surface area contributed by atoms with Crippen molar-refractivity contribution < 1.29 is 9.59 Å². The van der Waals surface area contributed by atoms with Crippen LogP contribution in [0.2, 0.25) is 0 Å². The highest BCUT2D eigenvalue weighted by Gasteiger charge is 2.33. The van der Waals surface area contributed by atoms with Gasteiger partial charge in [-0.1, -0.05) is 18.2 Å². The molecule has 0 radical (unpaired) electrons. The third kappa shape index (κ3) is 3.85. The molecule has 1 aliphatic rings. The maximum Gasteiger partial charge on any atom is 0.229 e. The van der Waals surface area contributed by atoms with Gasteiger partial charge in [-0.2, -0.15) is 9.78 Å². The molecule has 5 heterocycles. The van der Waals surface area contributed by atoms with E-state index in [-0.39, 0.29) is 17.7 Å². The second-order valence-electron chi connectivity index (χ2n) is 8.29. The minimum absolute atomic E-state index is 0.0633. The van der Waals surface area contributed by atoms with Gasteiger partial charge >= 0.3 is 0 Å². The number of nitrogens with zero attached hydrogens (tertiary/aromatic N) is 5. The summed E-state index contributed by atoms with van der Waals surface area (Å²) in [6.45, 7) is 1.92. The van der Waals surface area contributed by atoms with Crippen LogP contribution in [0.5, 0.6) is 0 Å². The molecule has 10 nitrogen and oxygen atoms in total. The molecule has 4 aromatic heterocycles. The van der Waals surface area contributed by atoms with Crippen molar-refractivity contribution in [3.05, 3.63) is 76.1 Å². The Bertz CT molecular complexity index is 1550. The minimum atomic E-state index is -0.178. The number of H-pyrrole nitrogens is 1. The Morgan fingerprint density at radius 2 is 2.06 bits per heavy atom. The standard InChI is InChI=1S/C24H20N8O2S/c1-13-20-17(14-4-6-15(7-5-14)29-18(33)9-16-3-2-8-35-16)10-19(34)30-23(20)32(31-13)24-21-22(26-11-25-21)27-12-28-24/h2-8,11-12,17H,9-10H2,1H3,(H,29,33)(H,30,34)(H,25,26,27,28). The number of aromatic nitrogens is 6. The fourth-order valence-electron chi connectivity index (χ4n) is 4.47. The van der Waals surface area contributed by atoms with Gasteiger partial charge in [0.1, 0.15) is 17.7 Å². The van der Waals surface area contributed by atoms with Gasteiger partial charge in [-0.05, 0) is 36.1 Å². The van der Waals surface area contributed by atoms with Gasteiger partial charge in [0.2, 0.25) is 11.8 Å². The monoisotopic (exact) mass is 484 g/mol. The van der Waals surface area contributed by atoms with Crippen LogP contribution in [0, 0.1) is 6.92 Å². The number of hydrogen-bond acceptors (Lipinski definition) is 7. The van der Waals surface area contributed by atoms with Crippen molar-refractivity contribution in [3.8, 4) is 5.82 Å². The first-order valence-corrected chi connectivity index (χ1v) is 11.9. The number of rotatable bonds is 5. The van der Waals surface area contributed by atoms with Crippen molar-refractivity contribution in [2.45, 2.75) is 25.7 Å². The Kier molecular flexibility index (Phi) is 5.10. The van der Waals surface area contributed by atoms with Crippen molar-refractivity contribution in [2.75, 3.05) is 10.6 Å². The molecule has 174 valence electrons. The fourth-order valence-corrected chi connectivity index (χ4v) is 5.18. The first-order valence-electron chi connectivity index (χ1n) is 11.0. The lowest BCUT2D eigenvalue weighted by molar-refractivity contribution is -0.117. The molecule has 3 N–H and O–H groups in total. The Labute approximate surface area is 203 Å². The first kappa shape index (κ1) is 21.2. The number of aromatic amines is 1. The molecule has 2 amide bonds. The highest BCUT2D eigenvalue weighted by atomic mass is 32.1. The maximum atomic E-state index is 12.7. The Morgan fingerprint density at radius 1 is 1.20 bits per heavy atom. The summed E-state index contributed by atoms with van der Waals surface area (Å²) in [6, 6.07) is 11.5. The van der Waals surface area contributed by atoms with E-state index >= 15 is 0 Å². The van der Waals surface area contributed by atoms with Crippen LogP contribution in [0.1, 0.15) is 34.0 Å². The predicted octanol–water partition coefficient (Wildman–Crippen LogP) is 3.56. The van der Waals surface area contributed by atoms with E-state index in [0.717, 1.165) is 21.7 Å². The van der Waals surface area contributed by atoms with Crippen LogP contribution in [0.4, 0.5) is 11.5 Å². The summed E-state index contributed by atoms with van der Waals surface area (Å²) in [6.07, 6.45) is 3.62. The highest BCUT2D eigenvalue weighted by Crippen LogP contribution is 2.40. The van der Waals surface area contributed by atoms with E-state index in [4.69, 9.17) is 5.10 Å². The quantitative estimate of drug-likeness (QED) is 0.350. The van der Waals surface area contributed by atoms with Crippen molar-refractivity contribution in [1.29, 1.82) is 0 Å². The van der Waals surface area contributed by atoms with E-state index in [1.54, 1.807) is 22.3 Å². The lowest BCUT2D eigenvalue weighted by Gasteiger charge is -2.24.